The van der Waals surface area contributed by atoms with E-state index in [4.69, 9.17) is 0 Å². The number of aromatic nitrogens is 2. The van der Waals surface area contributed by atoms with Crippen LogP contribution >= 0.6 is 11.8 Å². The van der Waals surface area contributed by atoms with Crippen molar-refractivity contribution in [2.75, 3.05) is 19.6 Å². The van der Waals surface area contributed by atoms with E-state index in [0.29, 0.717) is 11.2 Å². The van der Waals surface area contributed by atoms with Crippen molar-refractivity contribution < 1.29 is 4.79 Å². The third-order valence-electron chi connectivity index (χ3n) is 3.67. The molecule has 0 unspecified atom stereocenters. The van der Waals surface area contributed by atoms with E-state index in [1.807, 2.05) is 6.92 Å². The molecule has 1 aliphatic rings. The fraction of sp³-hybridized carbons (Fsp3) is 0.667. The molecule has 6 heteroatoms. The van der Waals surface area contributed by atoms with Crippen LogP contribution in [0.25, 0.3) is 0 Å². The van der Waals surface area contributed by atoms with Gasteiger partial charge in [0.1, 0.15) is 0 Å². The van der Waals surface area contributed by atoms with E-state index >= 15 is 0 Å². The highest BCUT2D eigenvalue weighted by atomic mass is 32.2. The maximum atomic E-state index is 12.2. The maximum absolute atomic E-state index is 12.2. The number of nitrogens with one attached hydrogen (secondary N) is 1. The Bertz CT molecular complexity index is 435. The average molecular weight is 308 g/mol. The Kier molecular flexibility index (Phi) is 6.45. The van der Waals surface area contributed by atoms with E-state index in [1.54, 1.807) is 18.5 Å². The molecule has 1 amide bonds. The molecule has 1 aromatic rings. The van der Waals surface area contributed by atoms with Crippen LogP contribution in [0, 0.1) is 0 Å². The predicted octanol–water partition coefficient (Wildman–Crippen LogP) is 1.95. The zero-order chi connectivity index (χ0) is 15.1. The molecule has 0 aromatic carbocycles. The van der Waals surface area contributed by atoms with Gasteiger partial charge in [0, 0.05) is 31.5 Å². The second kappa shape index (κ2) is 8.34. The number of piperidine rings is 1. The molecular formula is C15H24N4OS. The van der Waals surface area contributed by atoms with Crippen molar-refractivity contribution in [3.63, 3.8) is 0 Å². The van der Waals surface area contributed by atoms with Crippen LogP contribution in [0.5, 0.6) is 0 Å². The molecule has 0 spiro atoms. The van der Waals surface area contributed by atoms with Crippen molar-refractivity contribution in [1.82, 2.24) is 20.2 Å². The summed E-state index contributed by atoms with van der Waals surface area (Å²) in [7, 11) is 0. The van der Waals surface area contributed by atoms with Crippen molar-refractivity contribution in [2.45, 2.75) is 49.6 Å². The number of hydrogen-bond acceptors (Lipinski definition) is 5. The van der Waals surface area contributed by atoms with E-state index in [2.05, 4.69) is 27.1 Å². The monoisotopic (exact) mass is 308 g/mol. The van der Waals surface area contributed by atoms with Gasteiger partial charge >= 0.3 is 0 Å². The molecule has 116 valence electrons. The molecule has 1 atom stereocenters. The van der Waals surface area contributed by atoms with E-state index in [-0.39, 0.29) is 11.2 Å². The Morgan fingerprint density at radius 3 is 2.71 bits per heavy atom. The van der Waals surface area contributed by atoms with Gasteiger partial charge in [-0.05, 0) is 38.8 Å². The van der Waals surface area contributed by atoms with Crippen LogP contribution in [-0.4, -0.2) is 51.7 Å². The molecule has 2 heterocycles. The highest BCUT2D eigenvalue weighted by Gasteiger charge is 2.23. The highest BCUT2D eigenvalue weighted by molar-refractivity contribution is 8.00. The van der Waals surface area contributed by atoms with Gasteiger partial charge in [0.2, 0.25) is 5.91 Å². The maximum Gasteiger partial charge on any atom is 0.233 e. The van der Waals surface area contributed by atoms with Crippen molar-refractivity contribution >= 4 is 17.7 Å². The number of hydrogen-bond donors (Lipinski definition) is 1. The largest absolute Gasteiger partial charge is 0.352 e. The second-order valence-corrected chi connectivity index (χ2v) is 6.72. The minimum Gasteiger partial charge on any atom is -0.352 e. The summed E-state index contributed by atoms with van der Waals surface area (Å²) in [5, 5.41) is 3.64. The summed E-state index contributed by atoms with van der Waals surface area (Å²) in [6.07, 6.45) is 6.69. The van der Waals surface area contributed by atoms with E-state index in [9.17, 15) is 4.79 Å². The van der Waals surface area contributed by atoms with Crippen LogP contribution in [0.4, 0.5) is 0 Å². The van der Waals surface area contributed by atoms with Gasteiger partial charge in [-0.25, -0.2) is 9.97 Å². The van der Waals surface area contributed by atoms with Gasteiger partial charge in [0.05, 0.1) is 5.25 Å². The van der Waals surface area contributed by atoms with E-state index < -0.39 is 0 Å². The molecule has 0 radical (unpaired) electrons. The van der Waals surface area contributed by atoms with Gasteiger partial charge in [-0.15, -0.1) is 0 Å². The van der Waals surface area contributed by atoms with Gasteiger partial charge < -0.3 is 10.2 Å². The molecule has 0 aliphatic carbocycles. The topological polar surface area (TPSA) is 58.1 Å². The van der Waals surface area contributed by atoms with Crippen molar-refractivity contribution in [3.8, 4) is 0 Å². The molecule has 5 nitrogen and oxygen atoms in total. The highest BCUT2D eigenvalue weighted by Crippen LogP contribution is 2.19. The number of carbonyl (C=O) groups is 1. The lowest BCUT2D eigenvalue weighted by atomic mass is 10.0. The van der Waals surface area contributed by atoms with Crippen LogP contribution in [0.1, 0.15) is 33.1 Å². The van der Waals surface area contributed by atoms with Crippen LogP contribution in [0.3, 0.4) is 0 Å². The lowest BCUT2D eigenvalue weighted by Gasteiger charge is -2.32. The van der Waals surface area contributed by atoms with Gasteiger partial charge in [0.15, 0.2) is 5.16 Å². The van der Waals surface area contributed by atoms with Crippen LogP contribution in [0.15, 0.2) is 23.6 Å². The van der Waals surface area contributed by atoms with E-state index in [1.165, 1.54) is 18.2 Å². The number of carbonyl (C=O) groups excluding carboxylic acids is 1. The fourth-order valence-corrected chi connectivity index (χ4v) is 3.23. The number of rotatable bonds is 6. The first-order valence-corrected chi connectivity index (χ1v) is 8.53. The van der Waals surface area contributed by atoms with Gasteiger partial charge in [0.25, 0.3) is 0 Å². The Morgan fingerprint density at radius 2 is 2.10 bits per heavy atom. The third kappa shape index (κ3) is 5.28. The molecule has 0 bridgehead atoms. The summed E-state index contributed by atoms with van der Waals surface area (Å²) in [6, 6.07) is 2.09. The summed E-state index contributed by atoms with van der Waals surface area (Å²) in [5.41, 5.74) is 0. The van der Waals surface area contributed by atoms with Crippen molar-refractivity contribution in [2.24, 2.45) is 0 Å². The fourth-order valence-electron chi connectivity index (χ4n) is 2.49. The second-order valence-electron chi connectivity index (χ2n) is 5.42. The first-order valence-electron chi connectivity index (χ1n) is 7.65. The number of thioether (sulfide) groups is 1. The number of amides is 1. The van der Waals surface area contributed by atoms with Gasteiger partial charge in [-0.2, -0.15) is 0 Å². The summed E-state index contributed by atoms with van der Waals surface area (Å²) < 4.78 is 0. The molecule has 21 heavy (non-hydrogen) atoms. The Hall–Kier alpha value is -1.14. The lowest BCUT2D eigenvalue weighted by Crippen LogP contribution is -2.46. The van der Waals surface area contributed by atoms with Crippen LogP contribution in [0.2, 0.25) is 0 Å². The normalized spacial score (nSPS) is 18.4. The number of likely N-dealkylation sites (tertiary alicyclic amines) is 1. The van der Waals surface area contributed by atoms with Crippen molar-refractivity contribution in [1.29, 1.82) is 0 Å². The van der Waals surface area contributed by atoms with Crippen LogP contribution in [-0.2, 0) is 4.79 Å². The van der Waals surface area contributed by atoms with E-state index in [0.717, 1.165) is 32.5 Å². The zero-order valence-corrected chi connectivity index (χ0v) is 13.6. The molecular weight excluding hydrogens is 284 g/mol. The van der Waals surface area contributed by atoms with Crippen LogP contribution < -0.4 is 5.32 Å². The summed E-state index contributed by atoms with van der Waals surface area (Å²) >= 11 is 1.40. The summed E-state index contributed by atoms with van der Waals surface area (Å²) in [5.74, 6) is 0.0846. The first kappa shape index (κ1) is 16.2. The lowest BCUT2D eigenvalue weighted by molar-refractivity contribution is -0.121. The Morgan fingerprint density at radius 1 is 1.43 bits per heavy atom. The van der Waals surface area contributed by atoms with Gasteiger partial charge in [-0.1, -0.05) is 18.7 Å². The molecule has 0 saturated carbocycles. The average Bonchev–Trinajstić information content (AvgIpc) is 2.50. The first-order chi connectivity index (χ1) is 10.2. The third-order valence-corrected chi connectivity index (χ3v) is 4.66. The predicted molar refractivity (Wildman–Crippen MR) is 85.2 cm³/mol. The molecule has 1 aromatic heterocycles. The molecule has 1 N–H and O–H groups in total. The molecule has 1 saturated heterocycles. The quantitative estimate of drug-likeness (QED) is 0.643. The minimum atomic E-state index is -0.166. The standard InChI is InChI=1S/C15H24N4OS/c1-3-9-19-10-5-13(6-11-19)18-14(20)12(2)21-15-16-7-4-8-17-15/h4,7-8,12-13H,3,5-6,9-11H2,1-2H3,(H,18,20)/t12-/m0/s1. The zero-order valence-electron chi connectivity index (χ0n) is 12.8. The minimum absolute atomic E-state index is 0.0846. The Labute approximate surface area is 130 Å². The smallest absolute Gasteiger partial charge is 0.233 e. The van der Waals surface area contributed by atoms with Gasteiger partial charge in [-0.3, -0.25) is 4.79 Å². The number of nitrogens with zero attached hydrogens (tertiary/aromatic N) is 3. The molecule has 2 rings (SSSR count). The Balaban J connectivity index is 1.74. The molecule has 1 aliphatic heterocycles. The molecule has 1 fully saturated rings. The van der Waals surface area contributed by atoms with Crippen molar-refractivity contribution in [3.05, 3.63) is 18.5 Å². The summed E-state index contributed by atoms with van der Waals surface area (Å²) in [6.45, 7) is 7.45. The summed E-state index contributed by atoms with van der Waals surface area (Å²) in [4.78, 5) is 23.0. The SMILES string of the molecule is CCCN1CCC(NC(=O)[C@H](C)Sc2ncccn2)CC1.